The minimum atomic E-state index is -0.445. The van der Waals surface area contributed by atoms with Gasteiger partial charge in [0.15, 0.2) is 0 Å². The van der Waals surface area contributed by atoms with Gasteiger partial charge in [-0.05, 0) is 33.6 Å². The molecule has 0 aromatic rings. The molecular weight excluding hydrogens is 178 g/mol. The van der Waals surface area contributed by atoms with Gasteiger partial charge in [0.25, 0.3) is 0 Å². The molecular formula is C11H17NO2. The van der Waals surface area contributed by atoms with Crippen molar-refractivity contribution in [2.45, 2.75) is 45.6 Å². The Labute approximate surface area is 85.1 Å². The lowest BCUT2D eigenvalue weighted by Crippen LogP contribution is -2.30. The molecule has 0 aromatic heterocycles. The van der Waals surface area contributed by atoms with Crippen LogP contribution in [0.4, 0.5) is 0 Å². The molecule has 0 N–H and O–H groups in total. The maximum Gasteiger partial charge on any atom is 0.310 e. The van der Waals surface area contributed by atoms with Gasteiger partial charge in [-0.25, -0.2) is 0 Å². The van der Waals surface area contributed by atoms with Gasteiger partial charge in [0.1, 0.15) is 5.60 Å². The van der Waals surface area contributed by atoms with E-state index in [1.807, 2.05) is 20.8 Å². The molecule has 1 saturated carbocycles. The van der Waals surface area contributed by atoms with Crippen molar-refractivity contribution in [1.82, 2.24) is 0 Å². The third-order valence-corrected chi connectivity index (χ3v) is 2.39. The van der Waals surface area contributed by atoms with Crippen LogP contribution in [0.2, 0.25) is 0 Å². The number of ether oxygens (including phenoxy) is 1. The van der Waals surface area contributed by atoms with Gasteiger partial charge in [-0.1, -0.05) is 6.42 Å². The summed E-state index contributed by atoms with van der Waals surface area (Å²) in [6.45, 7) is 5.55. The molecule has 1 aliphatic carbocycles. The first-order valence-electron chi connectivity index (χ1n) is 5.06. The molecule has 14 heavy (non-hydrogen) atoms. The zero-order chi connectivity index (χ0) is 10.8. The standard InChI is InChI=1S/C11H17NO2/c1-11(2,3)14-10(13)9-6-4-5-8(9)7-12/h8-9H,4-6H2,1-3H3/t8-,9-/m0/s1. The Kier molecular flexibility index (Phi) is 3.15. The zero-order valence-corrected chi connectivity index (χ0v) is 9.04. The second-order valence-corrected chi connectivity index (χ2v) is 4.81. The van der Waals surface area contributed by atoms with Gasteiger partial charge in [-0.3, -0.25) is 4.79 Å². The number of nitrogens with zero attached hydrogens (tertiary/aromatic N) is 1. The summed E-state index contributed by atoms with van der Waals surface area (Å²) in [6, 6.07) is 2.18. The lowest BCUT2D eigenvalue weighted by molar-refractivity contribution is -0.160. The first-order chi connectivity index (χ1) is 6.44. The fourth-order valence-corrected chi connectivity index (χ4v) is 1.77. The van der Waals surface area contributed by atoms with Crippen LogP contribution in [-0.4, -0.2) is 11.6 Å². The number of esters is 1. The Hall–Kier alpha value is -1.04. The predicted octanol–water partition coefficient (Wildman–Crippen LogP) is 2.27. The monoisotopic (exact) mass is 195 g/mol. The number of hydrogen-bond acceptors (Lipinski definition) is 3. The topological polar surface area (TPSA) is 50.1 Å². The molecule has 1 rings (SSSR count). The largest absolute Gasteiger partial charge is 0.460 e. The van der Waals surface area contributed by atoms with Crippen molar-refractivity contribution >= 4 is 5.97 Å². The Morgan fingerprint density at radius 3 is 2.57 bits per heavy atom. The highest BCUT2D eigenvalue weighted by Gasteiger charge is 2.35. The fourth-order valence-electron chi connectivity index (χ4n) is 1.77. The summed E-state index contributed by atoms with van der Waals surface area (Å²) in [5.74, 6) is -0.536. The van der Waals surface area contributed by atoms with Crippen LogP contribution in [-0.2, 0) is 9.53 Å². The van der Waals surface area contributed by atoms with E-state index < -0.39 is 5.60 Å². The van der Waals surface area contributed by atoms with E-state index in [9.17, 15) is 4.79 Å². The minimum absolute atomic E-state index is 0.134. The van der Waals surface area contributed by atoms with Crippen molar-refractivity contribution in [2.75, 3.05) is 0 Å². The number of carbonyl (C=O) groups excluding carboxylic acids is 1. The van der Waals surface area contributed by atoms with Crippen LogP contribution in [0.3, 0.4) is 0 Å². The van der Waals surface area contributed by atoms with Gasteiger partial charge in [-0.2, -0.15) is 5.26 Å². The van der Waals surface area contributed by atoms with Gasteiger partial charge < -0.3 is 4.74 Å². The summed E-state index contributed by atoms with van der Waals surface area (Å²) < 4.78 is 5.26. The highest BCUT2D eigenvalue weighted by Crippen LogP contribution is 2.32. The molecule has 0 heterocycles. The zero-order valence-electron chi connectivity index (χ0n) is 9.04. The Bertz CT molecular complexity index is 259. The van der Waals surface area contributed by atoms with E-state index in [0.29, 0.717) is 0 Å². The van der Waals surface area contributed by atoms with Crippen LogP contribution >= 0.6 is 0 Å². The molecule has 0 saturated heterocycles. The molecule has 3 nitrogen and oxygen atoms in total. The molecule has 0 aliphatic heterocycles. The second kappa shape index (κ2) is 4.00. The van der Waals surface area contributed by atoms with Gasteiger partial charge in [0.2, 0.25) is 0 Å². The first kappa shape index (κ1) is 11.0. The molecule has 1 aliphatic rings. The molecule has 3 heteroatoms. The summed E-state index contributed by atoms with van der Waals surface area (Å²) in [5, 5.41) is 8.83. The number of nitriles is 1. The molecule has 0 aromatic carbocycles. The molecule has 1 fully saturated rings. The fraction of sp³-hybridized carbons (Fsp3) is 0.818. The third kappa shape index (κ3) is 2.73. The van der Waals surface area contributed by atoms with Crippen molar-refractivity contribution in [2.24, 2.45) is 11.8 Å². The number of hydrogen-bond donors (Lipinski definition) is 0. The van der Waals surface area contributed by atoms with E-state index >= 15 is 0 Å². The highest BCUT2D eigenvalue weighted by molar-refractivity contribution is 5.74. The van der Waals surface area contributed by atoms with E-state index in [4.69, 9.17) is 10.00 Å². The third-order valence-electron chi connectivity index (χ3n) is 2.39. The van der Waals surface area contributed by atoms with Crippen LogP contribution < -0.4 is 0 Å². The van der Waals surface area contributed by atoms with Crippen molar-refractivity contribution < 1.29 is 9.53 Å². The van der Waals surface area contributed by atoms with E-state index in [2.05, 4.69) is 6.07 Å². The molecule has 78 valence electrons. The second-order valence-electron chi connectivity index (χ2n) is 4.81. The van der Waals surface area contributed by atoms with E-state index in [1.165, 1.54) is 0 Å². The van der Waals surface area contributed by atoms with E-state index in [0.717, 1.165) is 19.3 Å². The van der Waals surface area contributed by atoms with E-state index in [-0.39, 0.29) is 17.8 Å². The van der Waals surface area contributed by atoms with Crippen LogP contribution in [0.5, 0.6) is 0 Å². The van der Waals surface area contributed by atoms with Gasteiger partial charge in [0.05, 0.1) is 17.9 Å². The van der Waals surface area contributed by atoms with Crippen molar-refractivity contribution in [1.29, 1.82) is 5.26 Å². The molecule has 0 spiro atoms. The first-order valence-corrected chi connectivity index (χ1v) is 5.06. The summed E-state index contributed by atoms with van der Waals surface area (Å²) in [7, 11) is 0. The Morgan fingerprint density at radius 2 is 2.07 bits per heavy atom. The average molecular weight is 195 g/mol. The normalized spacial score (nSPS) is 27.0. The number of carbonyl (C=O) groups is 1. The molecule has 2 atom stereocenters. The van der Waals surface area contributed by atoms with Crippen molar-refractivity contribution in [3.8, 4) is 6.07 Å². The quantitative estimate of drug-likeness (QED) is 0.603. The maximum atomic E-state index is 11.7. The summed E-state index contributed by atoms with van der Waals surface area (Å²) in [4.78, 5) is 11.7. The lowest BCUT2D eigenvalue weighted by Gasteiger charge is -2.22. The predicted molar refractivity (Wildman–Crippen MR) is 52.3 cm³/mol. The lowest BCUT2D eigenvalue weighted by atomic mass is 9.97. The van der Waals surface area contributed by atoms with Gasteiger partial charge in [-0.15, -0.1) is 0 Å². The van der Waals surface area contributed by atoms with Crippen LogP contribution in [0.15, 0.2) is 0 Å². The molecule has 0 unspecified atom stereocenters. The minimum Gasteiger partial charge on any atom is -0.460 e. The Balaban J connectivity index is 2.57. The van der Waals surface area contributed by atoms with E-state index in [1.54, 1.807) is 0 Å². The van der Waals surface area contributed by atoms with Crippen LogP contribution in [0.1, 0.15) is 40.0 Å². The molecule has 0 bridgehead atoms. The van der Waals surface area contributed by atoms with Crippen LogP contribution in [0.25, 0.3) is 0 Å². The summed E-state index contributed by atoms with van der Waals surface area (Å²) >= 11 is 0. The van der Waals surface area contributed by atoms with Gasteiger partial charge in [0, 0.05) is 0 Å². The molecule has 0 radical (unpaired) electrons. The number of rotatable bonds is 1. The van der Waals surface area contributed by atoms with Crippen molar-refractivity contribution in [3.63, 3.8) is 0 Å². The Morgan fingerprint density at radius 1 is 1.43 bits per heavy atom. The maximum absolute atomic E-state index is 11.7. The highest BCUT2D eigenvalue weighted by atomic mass is 16.6. The smallest absolute Gasteiger partial charge is 0.310 e. The summed E-state index contributed by atoms with van der Waals surface area (Å²) in [5.41, 5.74) is -0.445. The molecule has 0 amide bonds. The average Bonchev–Trinajstić information content (AvgIpc) is 2.47. The van der Waals surface area contributed by atoms with Crippen LogP contribution in [0, 0.1) is 23.2 Å². The SMILES string of the molecule is CC(C)(C)OC(=O)[C@H]1CCC[C@H]1C#N. The summed E-state index contributed by atoms with van der Waals surface area (Å²) in [6.07, 6.45) is 2.59. The van der Waals surface area contributed by atoms with Crippen molar-refractivity contribution in [3.05, 3.63) is 0 Å². The van der Waals surface area contributed by atoms with Gasteiger partial charge >= 0.3 is 5.97 Å².